The van der Waals surface area contributed by atoms with Crippen molar-refractivity contribution in [3.05, 3.63) is 71.8 Å². The lowest BCUT2D eigenvalue weighted by atomic mass is 9.92. The van der Waals surface area contributed by atoms with E-state index in [1.165, 1.54) is 38.5 Å². The normalized spacial score (nSPS) is 16.0. The highest BCUT2D eigenvalue weighted by Crippen LogP contribution is 2.28. The summed E-state index contributed by atoms with van der Waals surface area (Å²) in [6, 6.07) is 19.8. The van der Waals surface area contributed by atoms with E-state index in [9.17, 15) is 4.79 Å². The van der Waals surface area contributed by atoms with Gasteiger partial charge in [-0.3, -0.25) is 4.99 Å². The minimum Gasteiger partial charge on any atom is -0.464 e. The van der Waals surface area contributed by atoms with Gasteiger partial charge in [-0.15, -0.1) is 0 Å². The quantitative estimate of drug-likeness (QED) is 0.347. The number of ether oxygens (including phenoxy) is 1. The van der Waals surface area contributed by atoms with Gasteiger partial charge in [-0.25, -0.2) is 4.79 Å². The van der Waals surface area contributed by atoms with Crippen LogP contribution in [0, 0.1) is 5.92 Å². The molecule has 0 radical (unpaired) electrons. The Morgan fingerprint density at radius 2 is 1.46 bits per heavy atom. The fourth-order valence-electron chi connectivity index (χ4n) is 4.02. The zero-order valence-electron chi connectivity index (χ0n) is 16.8. The second-order valence-electron chi connectivity index (χ2n) is 7.57. The Balaban J connectivity index is 1.94. The van der Waals surface area contributed by atoms with Gasteiger partial charge in [0.15, 0.2) is 0 Å². The van der Waals surface area contributed by atoms with Crippen LogP contribution >= 0.6 is 0 Å². The predicted octanol–water partition coefficient (Wildman–Crippen LogP) is 5.82. The molecule has 0 amide bonds. The van der Waals surface area contributed by atoms with Gasteiger partial charge >= 0.3 is 5.97 Å². The van der Waals surface area contributed by atoms with Crippen LogP contribution in [0.3, 0.4) is 0 Å². The lowest BCUT2D eigenvalue weighted by Crippen LogP contribution is -2.26. The van der Waals surface area contributed by atoms with Crippen LogP contribution in [0.15, 0.2) is 65.7 Å². The van der Waals surface area contributed by atoms with E-state index in [0.717, 1.165) is 23.3 Å². The number of carbonyl (C=O) groups excluding carboxylic acids is 1. The van der Waals surface area contributed by atoms with Crippen LogP contribution in [-0.4, -0.2) is 24.3 Å². The summed E-state index contributed by atoms with van der Waals surface area (Å²) in [5.41, 5.74) is 2.93. The zero-order valence-corrected chi connectivity index (χ0v) is 16.8. The molecule has 3 rings (SSSR count). The Hall–Kier alpha value is -2.42. The maximum Gasteiger partial charge on any atom is 0.330 e. The number of carbonyl (C=O) groups is 1. The molecular weight excluding hydrogens is 346 g/mol. The van der Waals surface area contributed by atoms with Gasteiger partial charge in [0.25, 0.3) is 0 Å². The van der Waals surface area contributed by atoms with Crippen LogP contribution in [0.1, 0.15) is 63.0 Å². The lowest BCUT2D eigenvalue weighted by Gasteiger charge is -2.20. The van der Waals surface area contributed by atoms with Crippen molar-refractivity contribution in [1.82, 2.24) is 0 Å². The van der Waals surface area contributed by atoms with Crippen molar-refractivity contribution < 1.29 is 9.53 Å². The molecule has 0 aromatic heterocycles. The monoisotopic (exact) mass is 377 g/mol. The standard InChI is InChI=1S/C25H31NO2/c1-2-28-25(27)23(19-20-13-7-3-4-8-14-20)26-24(21-15-9-5-10-16-21)22-17-11-6-12-18-22/h5-6,9-12,15-18,20,23H,2-4,7-8,13-14,19H2,1H3. The average Bonchev–Trinajstić information content (AvgIpc) is 3.01. The molecule has 1 saturated carbocycles. The molecule has 0 spiro atoms. The minimum absolute atomic E-state index is 0.198. The molecule has 1 aliphatic carbocycles. The SMILES string of the molecule is CCOC(=O)C(CC1CCCCCC1)N=C(c1ccccc1)c1ccccc1. The van der Waals surface area contributed by atoms with Crippen LogP contribution in [0.5, 0.6) is 0 Å². The second-order valence-corrected chi connectivity index (χ2v) is 7.57. The Kier molecular flexibility index (Phi) is 7.83. The van der Waals surface area contributed by atoms with E-state index >= 15 is 0 Å². The summed E-state index contributed by atoms with van der Waals surface area (Å²) in [7, 11) is 0. The van der Waals surface area contributed by atoms with Gasteiger partial charge in [0.05, 0.1) is 12.3 Å². The molecule has 0 aliphatic heterocycles. The van der Waals surface area contributed by atoms with Crippen molar-refractivity contribution in [2.75, 3.05) is 6.61 Å². The van der Waals surface area contributed by atoms with Crippen LogP contribution in [0.2, 0.25) is 0 Å². The van der Waals surface area contributed by atoms with Gasteiger partial charge in [-0.1, -0.05) is 99.2 Å². The van der Waals surface area contributed by atoms with Crippen LogP contribution < -0.4 is 0 Å². The van der Waals surface area contributed by atoms with Crippen molar-refractivity contribution in [2.24, 2.45) is 10.9 Å². The number of esters is 1. The lowest BCUT2D eigenvalue weighted by molar-refractivity contribution is -0.145. The van der Waals surface area contributed by atoms with E-state index in [4.69, 9.17) is 9.73 Å². The van der Waals surface area contributed by atoms with Gasteiger partial charge in [0, 0.05) is 11.1 Å². The first-order chi connectivity index (χ1) is 13.8. The van der Waals surface area contributed by atoms with Crippen molar-refractivity contribution in [3.63, 3.8) is 0 Å². The summed E-state index contributed by atoms with van der Waals surface area (Å²) in [6.07, 6.45) is 8.30. The van der Waals surface area contributed by atoms with Crippen LogP contribution in [-0.2, 0) is 9.53 Å². The number of hydrogen-bond donors (Lipinski definition) is 0. The van der Waals surface area contributed by atoms with Crippen molar-refractivity contribution in [2.45, 2.75) is 57.9 Å². The number of rotatable bonds is 7. The third-order valence-electron chi connectivity index (χ3n) is 5.47. The molecule has 3 heteroatoms. The molecular formula is C25H31NO2. The molecule has 0 bridgehead atoms. The number of benzene rings is 2. The molecule has 0 saturated heterocycles. The third-order valence-corrected chi connectivity index (χ3v) is 5.47. The van der Waals surface area contributed by atoms with Crippen molar-refractivity contribution in [3.8, 4) is 0 Å². The van der Waals surface area contributed by atoms with Gasteiger partial charge in [-0.2, -0.15) is 0 Å². The summed E-state index contributed by atoms with van der Waals surface area (Å²) in [5.74, 6) is 0.351. The zero-order chi connectivity index (χ0) is 19.6. The molecule has 2 aromatic carbocycles. The van der Waals surface area contributed by atoms with Crippen LogP contribution in [0.4, 0.5) is 0 Å². The summed E-state index contributed by atoms with van der Waals surface area (Å²) in [4.78, 5) is 17.8. The first-order valence-corrected chi connectivity index (χ1v) is 10.6. The number of aliphatic imine (C=N–C) groups is 1. The molecule has 1 unspecified atom stereocenters. The van der Waals surface area contributed by atoms with E-state index in [0.29, 0.717) is 12.5 Å². The molecule has 1 aliphatic rings. The topological polar surface area (TPSA) is 38.7 Å². The summed E-state index contributed by atoms with van der Waals surface area (Å²) < 4.78 is 5.40. The maximum absolute atomic E-state index is 12.8. The van der Waals surface area contributed by atoms with Gasteiger partial charge in [-0.05, 0) is 19.3 Å². The third kappa shape index (κ3) is 5.79. The van der Waals surface area contributed by atoms with Gasteiger partial charge < -0.3 is 4.74 Å². The molecule has 3 nitrogen and oxygen atoms in total. The molecule has 2 aromatic rings. The number of nitrogens with zero attached hydrogens (tertiary/aromatic N) is 1. The van der Waals surface area contributed by atoms with Crippen LogP contribution in [0.25, 0.3) is 0 Å². The number of hydrogen-bond acceptors (Lipinski definition) is 3. The Bertz CT molecular complexity index is 705. The largest absolute Gasteiger partial charge is 0.464 e. The van der Waals surface area contributed by atoms with E-state index in [-0.39, 0.29) is 5.97 Å². The van der Waals surface area contributed by atoms with E-state index in [2.05, 4.69) is 24.3 Å². The predicted molar refractivity (Wildman–Crippen MR) is 115 cm³/mol. The Labute approximate surface area is 168 Å². The average molecular weight is 378 g/mol. The van der Waals surface area contributed by atoms with Crippen molar-refractivity contribution in [1.29, 1.82) is 0 Å². The fraction of sp³-hybridized carbons (Fsp3) is 0.440. The Morgan fingerprint density at radius 1 is 0.929 bits per heavy atom. The maximum atomic E-state index is 12.8. The first-order valence-electron chi connectivity index (χ1n) is 10.6. The Morgan fingerprint density at radius 3 is 1.96 bits per heavy atom. The van der Waals surface area contributed by atoms with Crippen molar-refractivity contribution >= 4 is 11.7 Å². The molecule has 1 fully saturated rings. The fourth-order valence-corrected chi connectivity index (χ4v) is 4.02. The molecule has 0 N–H and O–H groups in total. The highest BCUT2D eigenvalue weighted by molar-refractivity contribution is 6.13. The molecule has 0 heterocycles. The van der Waals surface area contributed by atoms with E-state index < -0.39 is 6.04 Å². The molecule has 1 atom stereocenters. The summed E-state index contributed by atoms with van der Waals surface area (Å²) in [5, 5.41) is 0. The van der Waals surface area contributed by atoms with Gasteiger partial charge in [0.2, 0.25) is 0 Å². The highest BCUT2D eigenvalue weighted by Gasteiger charge is 2.25. The highest BCUT2D eigenvalue weighted by atomic mass is 16.5. The van der Waals surface area contributed by atoms with Gasteiger partial charge in [0.1, 0.15) is 6.04 Å². The smallest absolute Gasteiger partial charge is 0.330 e. The summed E-state index contributed by atoms with van der Waals surface area (Å²) in [6.45, 7) is 2.25. The minimum atomic E-state index is -0.446. The van der Waals surface area contributed by atoms with E-state index in [1.54, 1.807) is 0 Å². The molecule has 148 valence electrons. The summed E-state index contributed by atoms with van der Waals surface area (Å²) >= 11 is 0. The van der Waals surface area contributed by atoms with E-state index in [1.807, 2.05) is 43.3 Å². The molecule has 28 heavy (non-hydrogen) atoms. The first kappa shape index (κ1) is 20.3. The second kappa shape index (κ2) is 10.8.